The summed E-state index contributed by atoms with van der Waals surface area (Å²) >= 11 is 0. The van der Waals surface area contributed by atoms with Gasteiger partial charge in [0.2, 0.25) is 5.91 Å². The van der Waals surface area contributed by atoms with E-state index < -0.39 is 18.2 Å². The Hall–Kier alpha value is -3.48. The number of ether oxygens (including phenoxy) is 1. The molecule has 0 bridgehead atoms. The molecule has 0 aromatic rings. The number of aliphatic hydroxyl groups excluding tert-OH is 2. The van der Waals surface area contributed by atoms with E-state index in [1.54, 1.807) is 0 Å². The third-order valence-corrected chi connectivity index (χ3v) is 13.1. The highest BCUT2D eigenvalue weighted by atomic mass is 16.5. The Balaban J connectivity index is 4.72. The summed E-state index contributed by atoms with van der Waals surface area (Å²) in [4.78, 5) is 26.3. The maximum absolute atomic E-state index is 13.3. The second-order valence-corrected chi connectivity index (χ2v) is 20.0. The molecule has 3 N–H and O–H groups in total. The first-order valence-corrected chi connectivity index (χ1v) is 30.1. The highest BCUT2D eigenvalue weighted by Crippen LogP contribution is 2.17. The van der Waals surface area contributed by atoms with Crippen molar-refractivity contribution in [1.82, 2.24) is 5.32 Å². The summed E-state index contributed by atoms with van der Waals surface area (Å²) in [6, 6.07) is -0.733. The Morgan fingerprint density at radius 1 is 0.417 bits per heavy atom. The molecule has 6 heteroatoms. The number of hydrogen-bond donors (Lipinski definition) is 3. The van der Waals surface area contributed by atoms with Gasteiger partial charge in [0.25, 0.3) is 0 Å². The number of rotatable bonds is 53. The predicted octanol–water partition coefficient (Wildman–Crippen LogP) is 19.0. The minimum atomic E-state index is -0.815. The van der Waals surface area contributed by atoms with Gasteiger partial charge in [0.05, 0.1) is 25.2 Å². The minimum Gasteiger partial charge on any atom is -0.462 e. The topological polar surface area (TPSA) is 95.9 Å². The van der Waals surface area contributed by atoms with Gasteiger partial charge < -0.3 is 20.3 Å². The fourth-order valence-corrected chi connectivity index (χ4v) is 8.58. The van der Waals surface area contributed by atoms with Gasteiger partial charge in [0.1, 0.15) is 6.10 Å². The van der Waals surface area contributed by atoms with Crippen LogP contribution in [0.4, 0.5) is 0 Å². The van der Waals surface area contributed by atoms with Gasteiger partial charge >= 0.3 is 5.97 Å². The number of carbonyl (C=O) groups is 2. The quantitative estimate of drug-likeness (QED) is 0.0321. The molecule has 412 valence electrons. The van der Waals surface area contributed by atoms with Gasteiger partial charge in [-0.1, -0.05) is 265 Å². The van der Waals surface area contributed by atoms with Crippen molar-refractivity contribution >= 4 is 11.9 Å². The summed E-state index contributed by atoms with van der Waals surface area (Å²) in [6.07, 6.45) is 80.2. The zero-order valence-corrected chi connectivity index (χ0v) is 47.0. The van der Waals surface area contributed by atoms with E-state index in [0.29, 0.717) is 19.3 Å². The lowest BCUT2D eigenvalue weighted by Crippen LogP contribution is -2.46. The van der Waals surface area contributed by atoms with Crippen molar-refractivity contribution in [2.75, 3.05) is 6.61 Å². The zero-order valence-electron chi connectivity index (χ0n) is 47.0. The van der Waals surface area contributed by atoms with Crippen molar-refractivity contribution in [1.29, 1.82) is 0 Å². The first-order valence-electron chi connectivity index (χ1n) is 30.1. The lowest BCUT2D eigenvalue weighted by atomic mass is 10.0. The van der Waals surface area contributed by atoms with E-state index in [-0.39, 0.29) is 31.3 Å². The predicted molar refractivity (Wildman–Crippen MR) is 314 cm³/mol. The molecule has 0 aromatic heterocycles. The van der Waals surface area contributed by atoms with E-state index in [1.807, 2.05) is 6.08 Å². The first kappa shape index (κ1) is 68.5. The summed E-state index contributed by atoms with van der Waals surface area (Å²) in [5.41, 5.74) is 0. The summed E-state index contributed by atoms with van der Waals surface area (Å²) in [6.45, 7) is 6.34. The fraction of sp³-hybridized carbons (Fsp3) is 0.697. The van der Waals surface area contributed by atoms with E-state index in [0.717, 1.165) is 103 Å². The lowest BCUT2D eigenvalue weighted by molar-refractivity contribution is -0.150. The number of esters is 1. The van der Waals surface area contributed by atoms with Crippen LogP contribution in [0, 0.1) is 0 Å². The zero-order chi connectivity index (χ0) is 52.3. The summed E-state index contributed by atoms with van der Waals surface area (Å²) in [7, 11) is 0. The largest absolute Gasteiger partial charge is 0.462 e. The average Bonchev–Trinajstić information content (AvgIpc) is 3.37. The molecule has 6 nitrogen and oxygen atoms in total. The van der Waals surface area contributed by atoms with Crippen molar-refractivity contribution in [2.24, 2.45) is 0 Å². The van der Waals surface area contributed by atoms with Gasteiger partial charge in [-0.05, 0) is 103 Å². The second-order valence-electron chi connectivity index (χ2n) is 20.0. The Kier molecular flexibility index (Phi) is 55.6. The van der Waals surface area contributed by atoms with Crippen molar-refractivity contribution in [2.45, 2.75) is 289 Å². The maximum Gasteiger partial charge on any atom is 0.306 e. The summed E-state index contributed by atoms with van der Waals surface area (Å²) in [5, 5.41) is 23.9. The fourth-order valence-electron chi connectivity index (χ4n) is 8.58. The number of allylic oxidation sites excluding steroid dienone is 18. The molecule has 72 heavy (non-hydrogen) atoms. The molecule has 0 spiro atoms. The van der Waals surface area contributed by atoms with Crippen LogP contribution >= 0.6 is 0 Å². The third kappa shape index (κ3) is 52.8. The van der Waals surface area contributed by atoms with Gasteiger partial charge in [-0.2, -0.15) is 0 Å². The normalized spacial score (nSPS) is 13.9. The Morgan fingerprint density at radius 2 is 0.750 bits per heavy atom. The van der Waals surface area contributed by atoms with Crippen LogP contribution in [-0.2, 0) is 14.3 Å². The molecule has 0 fully saturated rings. The molecule has 0 saturated heterocycles. The van der Waals surface area contributed by atoms with Crippen LogP contribution in [0.25, 0.3) is 0 Å². The molecule has 3 unspecified atom stereocenters. The molecule has 0 aliphatic carbocycles. The number of amides is 1. The average molecular weight is 1000 g/mol. The Morgan fingerprint density at radius 3 is 1.17 bits per heavy atom. The number of aliphatic hydroxyl groups is 2. The van der Waals surface area contributed by atoms with E-state index in [9.17, 15) is 19.8 Å². The van der Waals surface area contributed by atoms with Crippen molar-refractivity contribution < 1.29 is 24.5 Å². The number of nitrogens with one attached hydrogen (secondary N) is 1. The molecular formula is C66H113NO5. The smallest absolute Gasteiger partial charge is 0.306 e. The van der Waals surface area contributed by atoms with Crippen LogP contribution in [0.2, 0.25) is 0 Å². The molecule has 0 rings (SSSR count). The molecule has 0 aliphatic rings. The molecule has 0 aromatic carbocycles. The molecule has 0 aliphatic heterocycles. The minimum absolute atomic E-state index is 0.0267. The highest BCUT2D eigenvalue weighted by Gasteiger charge is 2.24. The summed E-state index contributed by atoms with van der Waals surface area (Å²) < 4.78 is 5.92. The van der Waals surface area contributed by atoms with Crippen LogP contribution < -0.4 is 5.32 Å². The second kappa shape index (κ2) is 58.4. The van der Waals surface area contributed by atoms with Crippen LogP contribution in [0.5, 0.6) is 0 Å². The molecule has 3 atom stereocenters. The van der Waals surface area contributed by atoms with Crippen LogP contribution in [0.15, 0.2) is 109 Å². The molecule has 1 amide bonds. The van der Waals surface area contributed by atoms with Gasteiger partial charge in [-0.15, -0.1) is 0 Å². The van der Waals surface area contributed by atoms with E-state index in [2.05, 4.69) is 129 Å². The van der Waals surface area contributed by atoms with Crippen molar-refractivity contribution in [3.63, 3.8) is 0 Å². The van der Waals surface area contributed by atoms with E-state index in [1.165, 1.54) is 116 Å². The van der Waals surface area contributed by atoms with Crippen LogP contribution in [0.1, 0.15) is 271 Å². The number of hydrogen-bond acceptors (Lipinski definition) is 5. The number of carbonyl (C=O) groups excluding carboxylic acids is 2. The van der Waals surface area contributed by atoms with Gasteiger partial charge in [-0.3, -0.25) is 9.59 Å². The van der Waals surface area contributed by atoms with Crippen molar-refractivity contribution in [3.8, 4) is 0 Å². The maximum atomic E-state index is 13.3. The lowest BCUT2D eigenvalue weighted by Gasteiger charge is -2.24. The van der Waals surface area contributed by atoms with Gasteiger partial charge in [0.15, 0.2) is 0 Å². The van der Waals surface area contributed by atoms with Crippen molar-refractivity contribution in [3.05, 3.63) is 109 Å². The molecule has 0 heterocycles. The summed E-state index contributed by atoms with van der Waals surface area (Å²) in [5.74, 6) is -0.598. The highest BCUT2D eigenvalue weighted by molar-refractivity contribution is 5.77. The van der Waals surface area contributed by atoms with Crippen LogP contribution in [0.3, 0.4) is 0 Å². The molecule has 0 saturated carbocycles. The standard InChI is InChI=1S/C66H113NO5/c1-4-7-10-13-16-19-22-25-28-31-32-35-38-41-44-47-50-53-56-59-66(71)72-62(57-54-51-48-45-42-39-36-33-29-26-23-20-17-14-11-8-5-2)60-65(70)67-63(61-68)64(69)58-55-52-49-46-43-40-37-34-30-27-24-21-18-15-12-9-6-3/h7,10,16-17,19-20,25-26,28-29,32,35-36,39,41,44,50,53,62-64,68-69H,4-6,8-9,11-15,18,21-24,27,30-31,33-34,37-38,40,42-43,45-49,51-52,54-61H2,1-3H3,(H,67,70)/b10-7-,19-16-,20-17-,28-25-,29-26-,35-32-,39-36-,44-41-,53-50-. The number of unbranched alkanes of at least 4 members (excludes halogenated alkanes) is 23. The third-order valence-electron chi connectivity index (χ3n) is 13.1. The SMILES string of the molecule is CC/C=C\C/C=C\C/C=C\C/C=C\C/C=C\C/C=C\CCC(=O)OC(CCCCCC/C=C\C/C=C\C/C=C\CCCCC)CC(=O)NC(CO)C(O)CCCCCCCCCCCCCCCCCCC. The van der Waals surface area contributed by atoms with Gasteiger partial charge in [0, 0.05) is 6.42 Å². The van der Waals surface area contributed by atoms with E-state index >= 15 is 0 Å². The monoisotopic (exact) mass is 1000 g/mol. The molecule has 0 radical (unpaired) electrons. The molecular weight excluding hydrogens is 887 g/mol. The van der Waals surface area contributed by atoms with Crippen LogP contribution in [-0.4, -0.2) is 46.9 Å². The van der Waals surface area contributed by atoms with Gasteiger partial charge in [-0.25, -0.2) is 0 Å². The Bertz CT molecular complexity index is 1450. The van der Waals surface area contributed by atoms with E-state index in [4.69, 9.17) is 4.74 Å². The Labute approximate surface area is 445 Å². The first-order chi connectivity index (χ1) is 35.5.